The van der Waals surface area contributed by atoms with Crippen LogP contribution in [0.25, 0.3) is 0 Å². The molecule has 1 nitrogen and oxygen atoms in total. The summed E-state index contributed by atoms with van der Waals surface area (Å²) in [6.45, 7) is 0. The van der Waals surface area contributed by atoms with Crippen LogP contribution in [0.5, 0.6) is 0 Å². The zero-order valence-corrected chi connectivity index (χ0v) is 10.5. The van der Waals surface area contributed by atoms with Crippen molar-refractivity contribution >= 4 is 11.6 Å². The van der Waals surface area contributed by atoms with Crippen molar-refractivity contribution in [3.8, 4) is 0 Å². The summed E-state index contributed by atoms with van der Waals surface area (Å²) in [6.07, 6.45) is 0. The molecule has 94 valence electrons. The molecule has 0 amide bonds. The number of halogens is 3. The first kappa shape index (κ1) is 13.0. The molecule has 0 saturated carbocycles. The van der Waals surface area contributed by atoms with Gasteiger partial charge in [-0.25, -0.2) is 8.78 Å². The average Bonchev–Trinajstić information content (AvgIpc) is 2.37. The van der Waals surface area contributed by atoms with Crippen LogP contribution in [0.15, 0.2) is 42.5 Å². The lowest BCUT2D eigenvalue weighted by molar-refractivity contribution is 0.571. The Morgan fingerprint density at radius 3 is 2.39 bits per heavy atom. The van der Waals surface area contributed by atoms with Crippen LogP contribution in [-0.4, -0.2) is 7.05 Å². The van der Waals surface area contributed by atoms with Gasteiger partial charge in [0.15, 0.2) is 0 Å². The third kappa shape index (κ3) is 2.52. The van der Waals surface area contributed by atoms with Gasteiger partial charge in [0, 0.05) is 5.56 Å². The predicted octanol–water partition coefficient (Wildman–Crippen LogP) is 3.93. The van der Waals surface area contributed by atoms with Crippen LogP contribution >= 0.6 is 11.6 Å². The predicted molar refractivity (Wildman–Crippen MR) is 68.7 cm³/mol. The van der Waals surface area contributed by atoms with Gasteiger partial charge in [0.1, 0.15) is 11.6 Å². The highest BCUT2D eigenvalue weighted by atomic mass is 35.5. The van der Waals surface area contributed by atoms with Crippen LogP contribution in [0.4, 0.5) is 8.78 Å². The SMILES string of the molecule is CNC(c1ccc(Cl)c(F)c1)c1ccccc1F. The zero-order valence-electron chi connectivity index (χ0n) is 9.75. The molecule has 2 rings (SSSR count). The molecule has 0 aromatic heterocycles. The maximum Gasteiger partial charge on any atom is 0.142 e. The molecular formula is C14H12ClF2N. The van der Waals surface area contributed by atoms with Gasteiger partial charge in [0.05, 0.1) is 11.1 Å². The highest BCUT2D eigenvalue weighted by Crippen LogP contribution is 2.26. The number of nitrogens with one attached hydrogen (secondary N) is 1. The maximum absolute atomic E-state index is 13.7. The minimum atomic E-state index is -0.509. The monoisotopic (exact) mass is 267 g/mol. The third-order valence-electron chi connectivity index (χ3n) is 2.78. The van der Waals surface area contributed by atoms with Crippen molar-refractivity contribution in [1.29, 1.82) is 0 Å². The number of rotatable bonds is 3. The van der Waals surface area contributed by atoms with E-state index >= 15 is 0 Å². The van der Waals surface area contributed by atoms with E-state index in [1.165, 1.54) is 18.2 Å². The molecule has 2 aromatic rings. The first-order chi connectivity index (χ1) is 8.63. The van der Waals surface area contributed by atoms with Gasteiger partial charge in [-0.05, 0) is 30.8 Å². The van der Waals surface area contributed by atoms with Crippen LogP contribution < -0.4 is 5.32 Å². The Morgan fingerprint density at radius 1 is 1.06 bits per heavy atom. The second-order valence-corrected chi connectivity index (χ2v) is 4.32. The largest absolute Gasteiger partial charge is 0.309 e. The smallest absolute Gasteiger partial charge is 0.142 e. The van der Waals surface area contributed by atoms with Crippen LogP contribution in [0.1, 0.15) is 17.2 Å². The molecule has 0 radical (unpaired) electrons. The highest BCUT2D eigenvalue weighted by Gasteiger charge is 2.16. The Balaban J connectivity index is 2.45. The Hall–Kier alpha value is -1.45. The van der Waals surface area contributed by atoms with Crippen molar-refractivity contribution in [3.05, 3.63) is 70.2 Å². The molecule has 0 aliphatic rings. The van der Waals surface area contributed by atoms with Crippen molar-refractivity contribution in [1.82, 2.24) is 5.32 Å². The van der Waals surface area contributed by atoms with E-state index in [0.29, 0.717) is 11.1 Å². The molecule has 1 unspecified atom stereocenters. The third-order valence-corrected chi connectivity index (χ3v) is 3.09. The van der Waals surface area contributed by atoms with E-state index in [1.54, 1.807) is 31.3 Å². The van der Waals surface area contributed by atoms with Gasteiger partial charge in [0.2, 0.25) is 0 Å². The molecule has 1 N–H and O–H groups in total. The molecule has 18 heavy (non-hydrogen) atoms. The summed E-state index contributed by atoms with van der Waals surface area (Å²) in [7, 11) is 1.70. The molecule has 0 heterocycles. The van der Waals surface area contributed by atoms with Gasteiger partial charge in [0.25, 0.3) is 0 Å². The molecule has 2 aromatic carbocycles. The van der Waals surface area contributed by atoms with Gasteiger partial charge in [-0.1, -0.05) is 35.9 Å². The fourth-order valence-electron chi connectivity index (χ4n) is 1.90. The van der Waals surface area contributed by atoms with Crippen LogP contribution in [0.3, 0.4) is 0 Å². The molecule has 0 aliphatic heterocycles. The average molecular weight is 268 g/mol. The van der Waals surface area contributed by atoms with E-state index in [9.17, 15) is 8.78 Å². The molecule has 0 spiro atoms. The lowest BCUT2D eigenvalue weighted by Crippen LogP contribution is -2.19. The maximum atomic E-state index is 13.7. The van der Waals surface area contributed by atoms with E-state index < -0.39 is 11.9 Å². The van der Waals surface area contributed by atoms with Gasteiger partial charge in [-0.2, -0.15) is 0 Å². The lowest BCUT2D eigenvalue weighted by Gasteiger charge is -2.18. The summed E-state index contributed by atoms with van der Waals surface area (Å²) < 4.78 is 27.2. The van der Waals surface area contributed by atoms with E-state index in [4.69, 9.17) is 11.6 Å². The Bertz CT molecular complexity index is 557. The molecule has 0 fully saturated rings. The van der Waals surface area contributed by atoms with Crippen molar-refractivity contribution in [3.63, 3.8) is 0 Å². The first-order valence-corrected chi connectivity index (χ1v) is 5.88. The van der Waals surface area contributed by atoms with E-state index in [1.807, 2.05) is 0 Å². The minimum absolute atomic E-state index is 0.0575. The summed E-state index contributed by atoms with van der Waals surface area (Å²) in [5.41, 5.74) is 1.10. The zero-order chi connectivity index (χ0) is 13.1. The highest BCUT2D eigenvalue weighted by molar-refractivity contribution is 6.30. The van der Waals surface area contributed by atoms with Gasteiger partial charge >= 0.3 is 0 Å². The summed E-state index contributed by atoms with van der Waals surface area (Å²) >= 11 is 5.64. The summed E-state index contributed by atoms with van der Waals surface area (Å²) in [6, 6.07) is 10.5. The summed E-state index contributed by atoms with van der Waals surface area (Å²) in [5.74, 6) is -0.835. The van der Waals surface area contributed by atoms with Crippen molar-refractivity contribution in [2.24, 2.45) is 0 Å². The Morgan fingerprint density at radius 2 is 1.78 bits per heavy atom. The molecular weight excluding hydrogens is 256 g/mol. The fraction of sp³-hybridized carbons (Fsp3) is 0.143. The van der Waals surface area contributed by atoms with Gasteiger partial charge < -0.3 is 5.32 Å². The number of hydrogen-bond acceptors (Lipinski definition) is 1. The Labute approximate surface area is 109 Å². The number of hydrogen-bond donors (Lipinski definition) is 1. The molecule has 0 bridgehead atoms. The van der Waals surface area contributed by atoms with Crippen LogP contribution in [0, 0.1) is 11.6 Å². The van der Waals surface area contributed by atoms with E-state index in [0.717, 1.165) is 0 Å². The fourth-order valence-corrected chi connectivity index (χ4v) is 2.02. The first-order valence-electron chi connectivity index (χ1n) is 5.50. The second kappa shape index (κ2) is 5.46. The van der Waals surface area contributed by atoms with Crippen molar-refractivity contribution in [2.45, 2.75) is 6.04 Å². The molecule has 0 saturated heterocycles. The van der Waals surface area contributed by atoms with E-state index in [-0.39, 0.29) is 10.8 Å². The van der Waals surface area contributed by atoms with Gasteiger partial charge in [-0.15, -0.1) is 0 Å². The molecule has 4 heteroatoms. The normalized spacial score (nSPS) is 12.4. The topological polar surface area (TPSA) is 12.0 Å². The second-order valence-electron chi connectivity index (χ2n) is 3.92. The van der Waals surface area contributed by atoms with Crippen LogP contribution in [-0.2, 0) is 0 Å². The van der Waals surface area contributed by atoms with Gasteiger partial charge in [-0.3, -0.25) is 0 Å². The molecule has 1 atom stereocenters. The lowest BCUT2D eigenvalue weighted by atomic mass is 9.98. The Kier molecular flexibility index (Phi) is 3.94. The molecule has 0 aliphatic carbocycles. The standard InChI is InChI=1S/C14H12ClF2N/c1-18-14(10-4-2-3-5-12(10)16)9-6-7-11(15)13(17)8-9/h2-8,14,18H,1H3. The van der Waals surface area contributed by atoms with Crippen LogP contribution in [0.2, 0.25) is 5.02 Å². The summed E-state index contributed by atoms with van der Waals surface area (Å²) in [4.78, 5) is 0. The minimum Gasteiger partial charge on any atom is -0.309 e. The van der Waals surface area contributed by atoms with E-state index in [2.05, 4.69) is 5.32 Å². The number of benzene rings is 2. The quantitative estimate of drug-likeness (QED) is 0.889. The van der Waals surface area contributed by atoms with Crippen molar-refractivity contribution < 1.29 is 8.78 Å². The summed E-state index contributed by atoms with van der Waals surface area (Å²) in [5, 5.41) is 3.03. The van der Waals surface area contributed by atoms with Crippen molar-refractivity contribution in [2.75, 3.05) is 7.05 Å².